The molecule has 2 fully saturated rings. The number of thiophene rings is 1. The molecular weight excluding hydrogens is 280 g/mol. The Morgan fingerprint density at radius 2 is 2.21 bits per heavy atom. The topological polar surface area (TPSA) is 32.3 Å². The lowest BCUT2D eigenvalue weighted by molar-refractivity contribution is -0.133. The zero-order chi connectivity index (χ0) is 12.4. The number of amides is 1. The molecule has 0 radical (unpaired) electrons. The smallest absolute Gasteiger partial charge is 0.223 e. The van der Waals surface area contributed by atoms with Crippen LogP contribution < -0.4 is 5.32 Å². The van der Waals surface area contributed by atoms with Crippen LogP contribution in [0.2, 0.25) is 0 Å². The van der Waals surface area contributed by atoms with Gasteiger partial charge in [-0.1, -0.05) is 6.07 Å². The van der Waals surface area contributed by atoms with E-state index in [1.54, 1.807) is 11.3 Å². The Bertz CT molecular complexity index is 396. The van der Waals surface area contributed by atoms with Crippen LogP contribution in [0.4, 0.5) is 0 Å². The number of nitrogens with one attached hydrogen (secondary N) is 1. The molecule has 2 aliphatic rings. The molecule has 3 rings (SSSR count). The number of fused-ring (bicyclic) bond motifs is 2. The highest BCUT2D eigenvalue weighted by molar-refractivity contribution is 7.09. The van der Waals surface area contributed by atoms with Crippen LogP contribution in [0, 0.1) is 0 Å². The number of rotatable bonds is 3. The van der Waals surface area contributed by atoms with Gasteiger partial charge in [-0.3, -0.25) is 4.79 Å². The number of carbonyl (C=O) groups is 1. The van der Waals surface area contributed by atoms with Crippen LogP contribution in [0.5, 0.6) is 0 Å². The summed E-state index contributed by atoms with van der Waals surface area (Å²) < 4.78 is 0. The van der Waals surface area contributed by atoms with Crippen LogP contribution in [0.3, 0.4) is 0 Å². The van der Waals surface area contributed by atoms with Crippen molar-refractivity contribution in [1.82, 2.24) is 10.2 Å². The largest absolute Gasteiger partial charge is 0.335 e. The molecular formula is C14H21ClN2OS. The maximum absolute atomic E-state index is 12.4. The van der Waals surface area contributed by atoms with Gasteiger partial charge >= 0.3 is 0 Å². The summed E-state index contributed by atoms with van der Waals surface area (Å²) in [7, 11) is 0. The third-order valence-electron chi connectivity index (χ3n) is 4.11. The normalized spacial score (nSPS) is 25.8. The van der Waals surface area contributed by atoms with Crippen molar-refractivity contribution in [1.29, 1.82) is 0 Å². The molecule has 0 saturated carbocycles. The summed E-state index contributed by atoms with van der Waals surface area (Å²) in [6.07, 6.45) is 5.09. The number of carbonyl (C=O) groups excluding carboxylic acids is 1. The SMILES string of the molecule is Cl.O=C(CCc1cccs1)N1C2CCNCC1CC2. The van der Waals surface area contributed by atoms with Crippen LogP contribution in [-0.2, 0) is 11.2 Å². The van der Waals surface area contributed by atoms with Crippen LogP contribution >= 0.6 is 23.7 Å². The van der Waals surface area contributed by atoms with E-state index in [1.807, 2.05) is 0 Å². The first-order valence-corrected chi connectivity index (χ1v) is 7.77. The lowest BCUT2D eigenvalue weighted by atomic mass is 10.1. The first-order chi connectivity index (χ1) is 8.84. The second-order valence-electron chi connectivity index (χ2n) is 5.26. The van der Waals surface area contributed by atoms with E-state index in [4.69, 9.17) is 0 Å². The Kier molecular flexibility index (Phi) is 5.25. The molecule has 2 atom stereocenters. The van der Waals surface area contributed by atoms with Gasteiger partial charge in [0.2, 0.25) is 5.91 Å². The Morgan fingerprint density at radius 3 is 3.00 bits per heavy atom. The van der Waals surface area contributed by atoms with Gasteiger partial charge in [-0.05, 0) is 43.7 Å². The van der Waals surface area contributed by atoms with Crippen LogP contribution in [0.15, 0.2) is 17.5 Å². The molecule has 2 aliphatic heterocycles. The molecule has 2 unspecified atom stereocenters. The average molecular weight is 301 g/mol. The van der Waals surface area contributed by atoms with E-state index in [0.717, 1.165) is 25.9 Å². The quantitative estimate of drug-likeness (QED) is 0.930. The van der Waals surface area contributed by atoms with Gasteiger partial charge in [0, 0.05) is 29.9 Å². The summed E-state index contributed by atoms with van der Waals surface area (Å²) in [5, 5.41) is 5.52. The molecule has 3 nitrogen and oxygen atoms in total. The lowest BCUT2D eigenvalue weighted by Crippen LogP contribution is -2.42. The first kappa shape index (κ1) is 14.8. The third kappa shape index (κ3) is 3.30. The molecule has 2 bridgehead atoms. The van der Waals surface area contributed by atoms with Gasteiger partial charge in [-0.2, -0.15) is 0 Å². The van der Waals surface area contributed by atoms with Crippen molar-refractivity contribution in [2.24, 2.45) is 0 Å². The summed E-state index contributed by atoms with van der Waals surface area (Å²) in [6.45, 7) is 2.05. The fourth-order valence-corrected chi connectivity index (χ4v) is 3.91. The molecule has 5 heteroatoms. The van der Waals surface area contributed by atoms with Crippen molar-refractivity contribution in [3.63, 3.8) is 0 Å². The van der Waals surface area contributed by atoms with Gasteiger partial charge in [0.15, 0.2) is 0 Å². The van der Waals surface area contributed by atoms with E-state index in [0.29, 0.717) is 24.4 Å². The predicted molar refractivity (Wildman–Crippen MR) is 81.0 cm³/mol. The number of hydrogen-bond acceptors (Lipinski definition) is 3. The summed E-state index contributed by atoms with van der Waals surface area (Å²) in [4.78, 5) is 15.9. The maximum atomic E-state index is 12.4. The molecule has 2 saturated heterocycles. The van der Waals surface area contributed by atoms with Crippen LogP contribution in [0.1, 0.15) is 30.6 Å². The van der Waals surface area contributed by atoms with Crippen molar-refractivity contribution < 1.29 is 4.79 Å². The Labute approximate surface area is 124 Å². The molecule has 3 heterocycles. The van der Waals surface area contributed by atoms with Crippen LogP contribution in [0.25, 0.3) is 0 Å². The molecule has 0 spiro atoms. The fraction of sp³-hybridized carbons (Fsp3) is 0.643. The van der Waals surface area contributed by atoms with Crippen molar-refractivity contribution in [3.05, 3.63) is 22.4 Å². The molecule has 1 N–H and O–H groups in total. The minimum atomic E-state index is 0. The highest BCUT2D eigenvalue weighted by Crippen LogP contribution is 2.28. The minimum absolute atomic E-state index is 0. The van der Waals surface area contributed by atoms with Crippen molar-refractivity contribution in [2.75, 3.05) is 13.1 Å². The van der Waals surface area contributed by atoms with E-state index in [2.05, 4.69) is 27.7 Å². The molecule has 1 amide bonds. The monoisotopic (exact) mass is 300 g/mol. The Morgan fingerprint density at radius 1 is 1.37 bits per heavy atom. The van der Waals surface area contributed by atoms with E-state index >= 15 is 0 Å². The van der Waals surface area contributed by atoms with E-state index in [-0.39, 0.29) is 12.4 Å². The number of hydrogen-bond donors (Lipinski definition) is 1. The van der Waals surface area contributed by atoms with Crippen molar-refractivity contribution in [3.8, 4) is 0 Å². The predicted octanol–water partition coefficient (Wildman–Crippen LogP) is 2.46. The molecule has 19 heavy (non-hydrogen) atoms. The zero-order valence-corrected chi connectivity index (χ0v) is 12.6. The summed E-state index contributed by atoms with van der Waals surface area (Å²) in [5.41, 5.74) is 0. The maximum Gasteiger partial charge on any atom is 0.223 e. The standard InChI is InChI=1S/C14H20N2OS.ClH/c17-14(6-5-13-2-1-9-18-13)16-11-3-4-12(16)10-15-8-7-11;/h1-2,9,11-12,15H,3-8,10H2;1H. The molecule has 1 aromatic rings. The highest BCUT2D eigenvalue weighted by atomic mass is 35.5. The van der Waals surface area contributed by atoms with Crippen molar-refractivity contribution in [2.45, 2.75) is 44.2 Å². The Hall–Kier alpha value is -0.580. The van der Waals surface area contributed by atoms with Gasteiger partial charge in [0.1, 0.15) is 0 Å². The van der Waals surface area contributed by atoms with Gasteiger partial charge in [0.05, 0.1) is 0 Å². The minimum Gasteiger partial charge on any atom is -0.335 e. The third-order valence-corrected chi connectivity index (χ3v) is 5.04. The second-order valence-corrected chi connectivity index (χ2v) is 6.29. The van der Waals surface area contributed by atoms with E-state index in [9.17, 15) is 4.79 Å². The average Bonchev–Trinajstić information content (AvgIpc) is 2.93. The van der Waals surface area contributed by atoms with Gasteiger partial charge in [-0.25, -0.2) is 0 Å². The number of halogens is 1. The van der Waals surface area contributed by atoms with Crippen LogP contribution in [-0.4, -0.2) is 36.0 Å². The first-order valence-electron chi connectivity index (χ1n) is 6.89. The zero-order valence-electron chi connectivity index (χ0n) is 11.0. The summed E-state index contributed by atoms with van der Waals surface area (Å²) in [6, 6.07) is 5.13. The van der Waals surface area contributed by atoms with Gasteiger partial charge in [-0.15, -0.1) is 23.7 Å². The summed E-state index contributed by atoms with van der Waals surface area (Å²) in [5.74, 6) is 0.361. The lowest BCUT2D eigenvalue weighted by Gasteiger charge is -2.27. The summed E-state index contributed by atoms with van der Waals surface area (Å²) >= 11 is 1.75. The van der Waals surface area contributed by atoms with Gasteiger partial charge < -0.3 is 10.2 Å². The fourth-order valence-electron chi connectivity index (χ4n) is 3.20. The Balaban J connectivity index is 0.00000133. The number of nitrogens with zero attached hydrogens (tertiary/aromatic N) is 1. The van der Waals surface area contributed by atoms with E-state index < -0.39 is 0 Å². The highest BCUT2D eigenvalue weighted by Gasteiger charge is 2.37. The molecule has 0 aromatic carbocycles. The van der Waals surface area contributed by atoms with Gasteiger partial charge in [0.25, 0.3) is 0 Å². The second kappa shape index (κ2) is 6.73. The van der Waals surface area contributed by atoms with Crippen molar-refractivity contribution >= 4 is 29.7 Å². The number of aryl methyl sites for hydroxylation is 1. The molecule has 106 valence electrons. The molecule has 0 aliphatic carbocycles. The van der Waals surface area contributed by atoms with E-state index in [1.165, 1.54) is 17.7 Å². The molecule has 1 aromatic heterocycles.